The first kappa shape index (κ1) is 22.9. The van der Waals surface area contributed by atoms with E-state index in [4.69, 9.17) is 16.3 Å². The number of hydrogen-bond donors (Lipinski definition) is 1. The van der Waals surface area contributed by atoms with Crippen LogP contribution in [0.25, 0.3) is 10.8 Å². The van der Waals surface area contributed by atoms with E-state index >= 15 is 0 Å². The van der Waals surface area contributed by atoms with Crippen molar-refractivity contribution in [1.82, 2.24) is 5.32 Å². The molecule has 0 heterocycles. The predicted molar refractivity (Wildman–Crippen MR) is 125 cm³/mol. The number of rotatable bonds is 10. The zero-order valence-corrected chi connectivity index (χ0v) is 18.8. The van der Waals surface area contributed by atoms with Crippen LogP contribution in [0.5, 0.6) is 5.75 Å². The molecule has 0 aliphatic rings. The molecule has 0 aromatic heterocycles. The minimum absolute atomic E-state index is 0.158. The smallest absolute Gasteiger partial charge is 0.232 e. The number of ether oxygens (including phenoxy) is 1. The van der Waals surface area contributed by atoms with Gasteiger partial charge in [0.1, 0.15) is 12.4 Å². The van der Waals surface area contributed by atoms with Gasteiger partial charge in [0, 0.05) is 18.4 Å². The lowest BCUT2D eigenvalue weighted by atomic mass is 10.1. The standard InChI is InChI=1S/C23H25ClN2O4S/c1-31(28,29)26(21-12-6-9-18-8-2-3-10-19(18)21)16-7-14-23(27)25-15-17-30-22-13-5-4-11-20(22)24/h2-6,8-13H,7,14-17H2,1H3,(H,25,27). The summed E-state index contributed by atoms with van der Waals surface area (Å²) in [5, 5.41) is 5.12. The van der Waals surface area contributed by atoms with Crippen LogP contribution in [-0.2, 0) is 14.8 Å². The highest BCUT2D eigenvalue weighted by Crippen LogP contribution is 2.28. The maximum Gasteiger partial charge on any atom is 0.232 e. The number of nitrogens with one attached hydrogen (secondary N) is 1. The van der Waals surface area contributed by atoms with E-state index in [0.717, 1.165) is 10.8 Å². The van der Waals surface area contributed by atoms with E-state index in [9.17, 15) is 13.2 Å². The van der Waals surface area contributed by atoms with Gasteiger partial charge in [0.25, 0.3) is 0 Å². The maximum atomic E-state index is 12.4. The Morgan fingerprint density at radius 2 is 1.74 bits per heavy atom. The van der Waals surface area contributed by atoms with Crippen LogP contribution in [0.2, 0.25) is 5.02 Å². The molecule has 3 aromatic carbocycles. The number of anilines is 1. The van der Waals surface area contributed by atoms with Crippen LogP contribution in [0, 0.1) is 0 Å². The molecule has 6 nitrogen and oxygen atoms in total. The summed E-state index contributed by atoms with van der Waals surface area (Å²) in [6, 6.07) is 20.3. The lowest BCUT2D eigenvalue weighted by molar-refractivity contribution is -0.121. The highest BCUT2D eigenvalue weighted by atomic mass is 35.5. The van der Waals surface area contributed by atoms with E-state index in [1.165, 1.54) is 10.6 Å². The lowest BCUT2D eigenvalue weighted by Crippen LogP contribution is -2.33. The summed E-state index contributed by atoms with van der Waals surface area (Å²) in [5.41, 5.74) is 0.620. The first-order valence-corrected chi connectivity index (χ1v) is 12.2. The van der Waals surface area contributed by atoms with Crippen LogP contribution in [0.15, 0.2) is 66.7 Å². The van der Waals surface area contributed by atoms with E-state index < -0.39 is 10.0 Å². The van der Waals surface area contributed by atoms with Gasteiger partial charge in [-0.1, -0.05) is 60.1 Å². The molecule has 0 atom stereocenters. The second-order valence-electron chi connectivity index (χ2n) is 7.07. The van der Waals surface area contributed by atoms with Crippen molar-refractivity contribution in [2.75, 3.05) is 30.3 Å². The van der Waals surface area contributed by atoms with E-state index in [-0.39, 0.29) is 18.9 Å². The molecule has 0 bridgehead atoms. The van der Waals surface area contributed by atoms with Crippen molar-refractivity contribution in [3.8, 4) is 5.75 Å². The van der Waals surface area contributed by atoms with Gasteiger partial charge in [0.05, 0.1) is 23.5 Å². The average molecular weight is 461 g/mol. The number of fused-ring (bicyclic) bond motifs is 1. The molecule has 0 saturated heterocycles. The Labute approximate surface area is 187 Å². The van der Waals surface area contributed by atoms with E-state index in [0.29, 0.717) is 36.0 Å². The van der Waals surface area contributed by atoms with Gasteiger partial charge in [0.15, 0.2) is 0 Å². The third-order valence-electron chi connectivity index (χ3n) is 4.72. The fourth-order valence-corrected chi connectivity index (χ4v) is 4.44. The van der Waals surface area contributed by atoms with Gasteiger partial charge in [-0.05, 0) is 30.0 Å². The Hall–Kier alpha value is -2.77. The SMILES string of the molecule is CS(=O)(=O)N(CCCC(=O)NCCOc1ccccc1Cl)c1cccc2ccccc12. The monoisotopic (exact) mass is 460 g/mol. The molecule has 1 amide bonds. The quantitative estimate of drug-likeness (QED) is 0.459. The summed E-state index contributed by atoms with van der Waals surface area (Å²) < 4.78 is 31.7. The molecular weight excluding hydrogens is 436 g/mol. The number of amides is 1. The summed E-state index contributed by atoms with van der Waals surface area (Å²) in [5.74, 6) is 0.409. The number of carbonyl (C=O) groups excluding carboxylic acids is 1. The summed E-state index contributed by atoms with van der Waals surface area (Å²) >= 11 is 6.02. The van der Waals surface area contributed by atoms with E-state index in [2.05, 4.69) is 5.32 Å². The van der Waals surface area contributed by atoms with Gasteiger partial charge in [-0.15, -0.1) is 0 Å². The lowest BCUT2D eigenvalue weighted by Gasteiger charge is -2.24. The Kier molecular flexibility index (Phi) is 7.76. The number of halogens is 1. The summed E-state index contributed by atoms with van der Waals surface area (Å²) in [7, 11) is -3.49. The third kappa shape index (κ3) is 6.35. The molecule has 164 valence electrons. The zero-order chi connectivity index (χ0) is 22.3. The van der Waals surface area contributed by atoms with E-state index in [1.807, 2.05) is 48.5 Å². The van der Waals surface area contributed by atoms with Gasteiger partial charge in [-0.2, -0.15) is 0 Å². The average Bonchev–Trinajstić information content (AvgIpc) is 2.74. The van der Waals surface area contributed by atoms with Crippen molar-refractivity contribution in [3.05, 3.63) is 71.8 Å². The van der Waals surface area contributed by atoms with Gasteiger partial charge in [-0.25, -0.2) is 8.42 Å². The maximum absolute atomic E-state index is 12.4. The molecule has 0 radical (unpaired) electrons. The summed E-state index contributed by atoms with van der Waals surface area (Å²) in [6.45, 7) is 0.848. The molecule has 3 aromatic rings. The van der Waals surface area contributed by atoms with Crippen LogP contribution < -0.4 is 14.4 Å². The minimum Gasteiger partial charge on any atom is -0.490 e. The second-order valence-corrected chi connectivity index (χ2v) is 9.38. The minimum atomic E-state index is -3.49. The zero-order valence-electron chi connectivity index (χ0n) is 17.3. The topological polar surface area (TPSA) is 75.7 Å². The highest BCUT2D eigenvalue weighted by Gasteiger charge is 2.19. The molecule has 0 spiro atoms. The van der Waals surface area contributed by atoms with Crippen LogP contribution in [0.3, 0.4) is 0 Å². The summed E-state index contributed by atoms with van der Waals surface area (Å²) in [4.78, 5) is 12.1. The Morgan fingerprint density at radius 3 is 2.52 bits per heavy atom. The van der Waals surface area contributed by atoms with Crippen LogP contribution >= 0.6 is 11.6 Å². The molecule has 3 rings (SSSR count). The van der Waals surface area contributed by atoms with Gasteiger partial charge < -0.3 is 10.1 Å². The largest absolute Gasteiger partial charge is 0.490 e. The molecule has 0 saturated carbocycles. The molecule has 0 aliphatic carbocycles. The highest BCUT2D eigenvalue weighted by molar-refractivity contribution is 7.92. The van der Waals surface area contributed by atoms with Gasteiger partial charge in [0.2, 0.25) is 15.9 Å². The first-order chi connectivity index (χ1) is 14.9. The number of benzene rings is 3. The number of nitrogens with zero attached hydrogens (tertiary/aromatic N) is 1. The predicted octanol–water partition coefficient (Wildman–Crippen LogP) is 4.23. The Morgan fingerprint density at radius 1 is 1.03 bits per heavy atom. The first-order valence-electron chi connectivity index (χ1n) is 9.96. The molecule has 1 N–H and O–H groups in total. The number of carbonyl (C=O) groups is 1. The number of hydrogen-bond acceptors (Lipinski definition) is 4. The van der Waals surface area contributed by atoms with E-state index in [1.54, 1.807) is 18.2 Å². The van der Waals surface area contributed by atoms with Crippen molar-refractivity contribution in [2.45, 2.75) is 12.8 Å². The molecule has 0 aliphatic heterocycles. The fourth-order valence-electron chi connectivity index (χ4n) is 3.28. The number of para-hydroxylation sites is 1. The Balaban J connectivity index is 1.52. The van der Waals surface area contributed by atoms with Gasteiger partial charge in [-0.3, -0.25) is 9.10 Å². The van der Waals surface area contributed by atoms with Crippen molar-refractivity contribution in [2.24, 2.45) is 0 Å². The normalized spacial score (nSPS) is 11.3. The van der Waals surface area contributed by atoms with Crippen molar-refractivity contribution in [3.63, 3.8) is 0 Å². The van der Waals surface area contributed by atoms with Crippen LogP contribution in [0.1, 0.15) is 12.8 Å². The molecule has 8 heteroatoms. The summed E-state index contributed by atoms with van der Waals surface area (Å²) in [6.07, 6.45) is 1.79. The molecule has 31 heavy (non-hydrogen) atoms. The van der Waals surface area contributed by atoms with Gasteiger partial charge >= 0.3 is 0 Å². The second kappa shape index (κ2) is 10.5. The number of sulfonamides is 1. The van der Waals surface area contributed by atoms with Crippen molar-refractivity contribution in [1.29, 1.82) is 0 Å². The Bertz CT molecular complexity index is 1150. The molecule has 0 unspecified atom stereocenters. The van der Waals surface area contributed by atoms with Crippen LogP contribution in [-0.4, -0.2) is 40.3 Å². The third-order valence-corrected chi connectivity index (χ3v) is 6.21. The molecular formula is C23H25ClN2O4S. The molecule has 0 fully saturated rings. The fraction of sp³-hybridized carbons (Fsp3) is 0.261. The van der Waals surface area contributed by atoms with Crippen molar-refractivity contribution >= 4 is 44.0 Å². The van der Waals surface area contributed by atoms with Crippen LogP contribution in [0.4, 0.5) is 5.69 Å². The van der Waals surface area contributed by atoms with Crippen molar-refractivity contribution < 1.29 is 17.9 Å².